The minimum atomic E-state index is 0.129. The number of nitrogens with zero attached hydrogens (tertiary/aromatic N) is 1. The molecule has 0 radical (unpaired) electrons. The van der Waals surface area contributed by atoms with Gasteiger partial charge in [-0.05, 0) is 43.0 Å². The van der Waals surface area contributed by atoms with E-state index in [0.717, 1.165) is 6.54 Å². The number of benzene rings is 1. The topological polar surface area (TPSA) is 43.7 Å². The summed E-state index contributed by atoms with van der Waals surface area (Å²) in [5.41, 5.74) is 5.22. The number of aryl methyl sites for hydroxylation is 1. The highest BCUT2D eigenvalue weighted by atomic mass is 16.3. The summed E-state index contributed by atoms with van der Waals surface area (Å²) in [6.45, 7) is 8.64. The van der Waals surface area contributed by atoms with Crippen LogP contribution >= 0.6 is 0 Å². The first kappa shape index (κ1) is 14.2. The van der Waals surface area contributed by atoms with Gasteiger partial charge in [0.1, 0.15) is 0 Å². The zero-order valence-corrected chi connectivity index (χ0v) is 11.0. The monoisotopic (exact) mass is 237 g/mol. The third-order valence-electron chi connectivity index (χ3n) is 3.40. The van der Waals surface area contributed by atoms with Gasteiger partial charge in [0.25, 0.3) is 0 Å². The van der Waals surface area contributed by atoms with Crippen molar-refractivity contribution >= 4 is 0 Å². The van der Waals surface area contributed by atoms with Crippen molar-refractivity contribution in [2.75, 3.05) is 26.3 Å². The van der Waals surface area contributed by atoms with E-state index < -0.39 is 0 Å². The second kappa shape index (κ2) is 6.74. The van der Waals surface area contributed by atoms with Crippen molar-refractivity contribution in [3.8, 4) is 0 Å². The van der Waals surface area contributed by atoms with Gasteiger partial charge in [0.2, 0.25) is 0 Å². The van der Waals surface area contributed by atoms with Crippen molar-refractivity contribution in [3.05, 3.63) is 34.4 Å². The van der Waals surface area contributed by atoms with Gasteiger partial charge >= 0.3 is 0 Å². The van der Waals surface area contributed by atoms with Crippen molar-refractivity contribution in [2.24, 2.45) is 0 Å². The van der Waals surface area contributed by atoms with E-state index in [2.05, 4.69) is 37.8 Å². The van der Waals surface area contributed by atoms with Crippen LogP contribution in [0.3, 0.4) is 0 Å². The second-order valence-electron chi connectivity index (χ2n) is 4.51. The largest absolute Gasteiger partial charge is 0.395 e. The van der Waals surface area contributed by atoms with Crippen molar-refractivity contribution in [3.63, 3.8) is 0 Å². The fourth-order valence-electron chi connectivity index (χ4n) is 1.98. The lowest BCUT2D eigenvalue weighted by Crippen LogP contribution is -2.29. The minimum absolute atomic E-state index is 0.129. The smallest absolute Gasteiger partial charge is 0.0558 e. The Balaban J connectivity index is 2.82. The Morgan fingerprint density at radius 2 is 1.53 bits per heavy atom. The molecule has 0 aliphatic rings. The molecule has 96 valence electrons. The maximum atomic E-state index is 8.99. The number of rotatable bonds is 6. The van der Waals surface area contributed by atoms with E-state index in [0.29, 0.717) is 13.1 Å². The van der Waals surface area contributed by atoms with Gasteiger partial charge in [-0.15, -0.1) is 0 Å². The molecule has 0 saturated carbocycles. The molecule has 0 spiro atoms. The summed E-state index contributed by atoms with van der Waals surface area (Å²) in [6, 6.07) is 4.27. The quantitative estimate of drug-likeness (QED) is 0.786. The number of aliphatic hydroxyl groups is 2. The van der Waals surface area contributed by atoms with Gasteiger partial charge < -0.3 is 10.2 Å². The molecule has 0 saturated heterocycles. The summed E-state index contributed by atoms with van der Waals surface area (Å²) in [7, 11) is 0. The molecule has 3 heteroatoms. The van der Waals surface area contributed by atoms with Crippen LogP contribution in [0.15, 0.2) is 12.1 Å². The van der Waals surface area contributed by atoms with Crippen LogP contribution in [0, 0.1) is 20.8 Å². The van der Waals surface area contributed by atoms with Gasteiger partial charge in [-0.25, -0.2) is 0 Å². The Morgan fingerprint density at radius 1 is 0.941 bits per heavy atom. The van der Waals surface area contributed by atoms with Crippen molar-refractivity contribution in [2.45, 2.75) is 27.3 Å². The standard InChI is InChI=1S/C14H23NO2/c1-11-4-5-14(13(3)12(11)2)10-15(6-8-16)7-9-17/h4-5,16-17H,6-10H2,1-3H3. The molecular formula is C14H23NO2. The molecule has 1 aromatic rings. The third kappa shape index (κ3) is 3.80. The van der Waals surface area contributed by atoms with Crippen LogP contribution in [-0.2, 0) is 6.54 Å². The average molecular weight is 237 g/mol. The second-order valence-corrected chi connectivity index (χ2v) is 4.51. The fourth-order valence-corrected chi connectivity index (χ4v) is 1.98. The molecule has 0 unspecified atom stereocenters. The number of hydrogen-bond donors (Lipinski definition) is 2. The summed E-state index contributed by atoms with van der Waals surface area (Å²) in [6.07, 6.45) is 0. The Bertz CT molecular complexity index is 357. The van der Waals surface area contributed by atoms with Gasteiger partial charge in [-0.3, -0.25) is 4.90 Å². The first-order valence-corrected chi connectivity index (χ1v) is 6.10. The maximum Gasteiger partial charge on any atom is 0.0558 e. The number of hydrogen-bond acceptors (Lipinski definition) is 3. The summed E-state index contributed by atoms with van der Waals surface area (Å²) in [5, 5.41) is 18.0. The van der Waals surface area contributed by atoms with Gasteiger partial charge in [-0.2, -0.15) is 0 Å². The van der Waals surface area contributed by atoms with Crippen LogP contribution in [0.25, 0.3) is 0 Å². The molecule has 1 aromatic carbocycles. The highest BCUT2D eigenvalue weighted by Gasteiger charge is 2.08. The van der Waals surface area contributed by atoms with Crippen molar-refractivity contribution < 1.29 is 10.2 Å². The van der Waals surface area contributed by atoms with Gasteiger partial charge in [0.15, 0.2) is 0 Å². The van der Waals surface area contributed by atoms with E-state index in [4.69, 9.17) is 10.2 Å². The Hall–Kier alpha value is -0.900. The summed E-state index contributed by atoms with van der Waals surface area (Å²) >= 11 is 0. The van der Waals surface area contributed by atoms with Crippen molar-refractivity contribution in [1.29, 1.82) is 0 Å². The molecule has 0 bridgehead atoms. The normalized spacial score (nSPS) is 11.2. The molecule has 1 rings (SSSR count). The van der Waals surface area contributed by atoms with Crippen LogP contribution in [0.2, 0.25) is 0 Å². The molecule has 0 atom stereocenters. The van der Waals surface area contributed by atoms with E-state index in [9.17, 15) is 0 Å². The van der Waals surface area contributed by atoms with Crippen LogP contribution < -0.4 is 0 Å². The Kier molecular flexibility index (Phi) is 5.62. The average Bonchev–Trinajstić information content (AvgIpc) is 2.30. The predicted octanol–water partition coefficient (Wildman–Crippen LogP) is 1.40. The zero-order valence-electron chi connectivity index (χ0n) is 11.0. The van der Waals surface area contributed by atoms with Crippen molar-refractivity contribution in [1.82, 2.24) is 4.90 Å². The van der Waals surface area contributed by atoms with Gasteiger partial charge in [0.05, 0.1) is 13.2 Å². The molecule has 0 amide bonds. The van der Waals surface area contributed by atoms with E-state index in [1.54, 1.807) is 0 Å². The molecular weight excluding hydrogens is 214 g/mol. The zero-order chi connectivity index (χ0) is 12.8. The predicted molar refractivity (Wildman–Crippen MR) is 70.1 cm³/mol. The van der Waals surface area contributed by atoms with Crippen LogP contribution in [0.4, 0.5) is 0 Å². The lowest BCUT2D eigenvalue weighted by Gasteiger charge is -2.22. The molecule has 0 aliphatic heterocycles. The fraction of sp³-hybridized carbons (Fsp3) is 0.571. The third-order valence-corrected chi connectivity index (χ3v) is 3.40. The minimum Gasteiger partial charge on any atom is -0.395 e. The molecule has 0 aliphatic carbocycles. The van der Waals surface area contributed by atoms with E-state index in [-0.39, 0.29) is 13.2 Å². The number of aliphatic hydroxyl groups excluding tert-OH is 2. The summed E-state index contributed by atoms with van der Waals surface area (Å²) in [4.78, 5) is 2.07. The first-order chi connectivity index (χ1) is 8.10. The van der Waals surface area contributed by atoms with E-state index >= 15 is 0 Å². The van der Waals surface area contributed by atoms with Crippen LogP contribution in [-0.4, -0.2) is 41.4 Å². The van der Waals surface area contributed by atoms with Crippen LogP contribution in [0.5, 0.6) is 0 Å². The van der Waals surface area contributed by atoms with E-state index in [1.807, 2.05) is 0 Å². The summed E-state index contributed by atoms with van der Waals surface area (Å²) in [5.74, 6) is 0. The van der Waals surface area contributed by atoms with Gasteiger partial charge in [0, 0.05) is 19.6 Å². The molecule has 0 heterocycles. The Labute approximate surface area is 104 Å². The molecule has 0 fully saturated rings. The highest BCUT2D eigenvalue weighted by molar-refractivity contribution is 5.38. The lowest BCUT2D eigenvalue weighted by molar-refractivity contribution is 0.155. The SMILES string of the molecule is Cc1ccc(CN(CCO)CCO)c(C)c1C. The van der Waals surface area contributed by atoms with E-state index in [1.165, 1.54) is 22.3 Å². The Morgan fingerprint density at radius 3 is 2.06 bits per heavy atom. The highest BCUT2D eigenvalue weighted by Crippen LogP contribution is 2.18. The molecule has 0 aromatic heterocycles. The maximum absolute atomic E-state index is 8.99. The molecule has 2 N–H and O–H groups in total. The van der Waals surface area contributed by atoms with Crippen LogP contribution in [0.1, 0.15) is 22.3 Å². The molecule has 3 nitrogen and oxygen atoms in total. The summed E-state index contributed by atoms with van der Waals surface area (Å²) < 4.78 is 0. The van der Waals surface area contributed by atoms with Gasteiger partial charge in [-0.1, -0.05) is 12.1 Å². The molecule has 17 heavy (non-hydrogen) atoms. The lowest BCUT2D eigenvalue weighted by atomic mass is 9.98. The first-order valence-electron chi connectivity index (χ1n) is 6.10.